The number of nitrogens with zero attached hydrogens (tertiary/aromatic N) is 2. The van der Waals surface area contributed by atoms with Crippen molar-refractivity contribution in [3.63, 3.8) is 0 Å². The molecule has 2 atom stereocenters. The summed E-state index contributed by atoms with van der Waals surface area (Å²) in [6.45, 7) is 4.22. The van der Waals surface area contributed by atoms with Crippen LogP contribution in [0.4, 0.5) is 5.69 Å². The minimum Gasteiger partial charge on any atom is -0.495 e. The summed E-state index contributed by atoms with van der Waals surface area (Å²) in [5.74, 6) is 1.04. The molecular formula is C15H20N2O3S2. The van der Waals surface area contributed by atoms with E-state index < -0.39 is 9.84 Å². The van der Waals surface area contributed by atoms with E-state index in [4.69, 9.17) is 4.74 Å². The first-order valence-electron chi connectivity index (χ1n) is 7.28. The Morgan fingerprint density at radius 1 is 1.32 bits per heavy atom. The van der Waals surface area contributed by atoms with Crippen molar-refractivity contribution < 1.29 is 13.2 Å². The van der Waals surface area contributed by atoms with Crippen LogP contribution < -0.4 is 9.64 Å². The summed E-state index contributed by atoms with van der Waals surface area (Å²) in [7, 11) is -1.39. The average Bonchev–Trinajstić information content (AvgIpc) is 2.89. The molecule has 1 saturated heterocycles. The van der Waals surface area contributed by atoms with Crippen LogP contribution in [0.1, 0.15) is 13.8 Å². The number of hydrogen-bond donors (Lipinski definition) is 0. The third kappa shape index (κ3) is 2.84. The maximum absolute atomic E-state index is 12.0. The van der Waals surface area contributed by atoms with E-state index in [0.29, 0.717) is 5.25 Å². The van der Waals surface area contributed by atoms with Crippen LogP contribution in [0.3, 0.4) is 0 Å². The predicted octanol–water partition coefficient (Wildman–Crippen LogP) is 2.18. The number of benzene rings is 1. The summed E-state index contributed by atoms with van der Waals surface area (Å²) in [4.78, 5) is 6.74. The number of hydrogen-bond acceptors (Lipinski definition) is 6. The summed E-state index contributed by atoms with van der Waals surface area (Å²) >= 11 is 1.67. The largest absolute Gasteiger partial charge is 0.495 e. The highest BCUT2D eigenvalue weighted by Gasteiger charge is 2.47. The Morgan fingerprint density at radius 2 is 2.05 bits per heavy atom. The van der Waals surface area contributed by atoms with E-state index >= 15 is 0 Å². The van der Waals surface area contributed by atoms with E-state index in [2.05, 4.69) is 23.7 Å². The van der Waals surface area contributed by atoms with Crippen LogP contribution >= 0.6 is 11.8 Å². The molecule has 2 aliphatic rings. The summed E-state index contributed by atoms with van der Waals surface area (Å²) < 4.78 is 29.4. The van der Waals surface area contributed by atoms with Crippen LogP contribution in [0.5, 0.6) is 5.75 Å². The Hall–Kier alpha value is -1.21. The second-order valence-electron chi connectivity index (χ2n) is 5.83. The molecule has 1 aromatic carbocycles. The van der Waals surface area contributed by atoms with Crippen LogP contribution in [-0.2, 0) is 9.84 Å². The van der Waals surface area contributed by atoms with Gasteiger partial charge in [-0.15, -0.1) is 0 Å². The van der Waals surface area contributed by atoms with Gasteiger partial charge in [-0.2, -0.15) is 0 Å². The molecule has 0 radical (unpaired) electrons. The maximum Gasteiger partial charge on any atom is 0.164 e. The van der Waals surface area contributed by atoms with Crippen molar-refractivity contribution in [3.05, 3.63) is 24.3 Å². The molecule has 0 unspecified atom stereocenters. The minimum absolute atomic E-state index is 0.123. The van der Waals surface area contributed by atoms with Gasteiger partial charge in [0.25, 0.3) is 0 Å². The standard InChI is InChI=1S/C15H20N2O3S2/c1-10(2)21-15-16-11-8-22(18,19)9-13(11)17(15)12-6-4-5-7-14(12)20-3/h4-7,10-11,13H,8-9H2,1-3H3/t11-,13-/m0/s1. The fourth-order valence-electron chi connectivity index (χ4n) is 2.93. The van der Waals surface area contributed by atoms with Gasteiger partial charge in [-0.25, -0.2) is 8.42 Å². The van der Waals surface area contributed by atoms with Gasteiger partial charge in [0.15, 0.2) is 15.0 Å². The third-order valence-electron chi connectivity index (χ3n) is 3.79. The van der Waals surface area contributed by atoms with E-state index in [9.17, 15) is 8.42 Å². The summed E-state index contributed by atoms with van der Waals surface area (Å²) in [5.41, 5.74) is 0.890. The van der Waals surface area contributed by atoms with E-state index in [1.807, 2.05) is 24.3 Å². The van der Waals surface area contributed by atoms with Crippen LogP contribution in [0, 0.1) is 0 Å². The molecule has 5 nitrogen and oxygen atoms in total. The van der Waals surface area contributed by atoms with Gasteiger partial charge >= 0.3 is 0 Å². The molecule has 1 aromatic rings. The van der Waals surface area contributed by atoms with Gasteiger partial charge in [-0.05, 0) is 12.1 Å². The lowest BCUT2D eigenvalue weighted by molar-refractivity contribution is 0.415. The molecule has 0 spiro atoms. The number of thioether (sulfide) groups is 1. The number of ether oxygens (including phenoxy) is 1. The van der Waals surface area contributed by atoms with Crippen molar-refractivity contribution in [2.75, 3.05) is 23.5 Å². The Morgan fingerprint density at radius 3 is 2.73 bits per heavy atom. The molecule has 3 rings (SSSR count). The predicted molar refractivity (Wildman–Crippen MR) is 91.9 cm³/mol. The zero-order chi connectivity index (χ0) is 15.9. The number of para-hydroxylation sites is 2. The van der Waals surface area contributed by atoms with Gasteiger partial charge in [0.1, 0.15) is 5.75 Å². The zero-order valence-electron chi connectivity index (χ0n) is 12.9. The van der Waals surface area contributed by atoms with Crippen LogP contribution in [0.2, 0.25) is 0 Å². The number of sulfone groups is 1. The van der Waals surface area contributed by atoms with Crippen molar-refractivity contribution in [2.24, 2.45) is 4.99 Å². The molecule has 0 saturated carbocycles. The van der Waals surface area contributed by atoms with Crippen LogP contribution in [-0.4, -0.2) is 49.5 Å². The molecule has 0 N–H and O–H groups in total. The Balaban J connectivity index is 2.03. The van der Waals surface area contributed by atoms with Crippen molar-refractivity contribution in [1.82, 2.24) is 0 Å². The highest BCUT2D eigenvalue weighted by Crippen LogP contribution is 2.39. The Bertz CT molecular complexity index is 700. The second-order valence-corrected chi connectivity index (χ2v) is 9.53. The van der Waals surface area contributed by atoms with Crippen LogP contribution in [0.25, 0.3) is 0 Å². The highest BCUT2D eigenvalue weighted by molar-refractivity contribution is 8.14. The van der Waals surface area contributed by atoms with E-state index in [-0.39, 0.29) is 23.6 Å². The SMILES string of the molecule is COc1ccccc1N1C(SC(C)C)=N[C@H]2CS(=O)(=O)C[C@@H]21. The zero-order valence-corrected chi connectivity index (χ0v) is 14.5. The molecule has 0 aliphatic carbocycles. The van der Waals surface area contributed by atoms with Gasteiger partial charge in [0.05, 0.1) is 36.4 Å². The van der Waals surface area contributed by atoms with Gasteiger partial charge in [0.2, 0.25) is 0 Å². The maximum atomic E-state index is 12.0. The first kappa shape index (κ1) is 15.7. The van der Waals surface area contributed by atoms with E-state index in [1.54, 1.807) is 18.9 Å². The van der Waals surface area contributed by atoms with E-state index in [1.165, 1.54) is 0 Å². The van der Waals surface area contributed by atoms with Crippen molar-refractivity contribution >= 4 is 32.5 Å². The molecule has 0 aromatic heterocycles. The smallest absolute Gasteiger partial charge is 0.164 e. The van der Waals surface area contributed by atoms with Crippen molar-refractivity contribution in [3.8, 4) is 5.75 Å². The molecule has 7 heteroatoms. The molecule has 1 fully saturated rings. The van der Waals surface area contributed by atoms with Crippen LogP contribution in [0.15, 0.2) is 29.3 Å². The third-order valence-corrected chi connectivity index (χ3v) is 6.48. The fraction of sp³-hybridized carbons (Fsp3) is 0.533. The lowest BCUT2D eigenvalue weighted by Gasteiger charge is -2.28. The molecule has 0 bridgehead atoms. The van der Waals surface area contributed by atoms with Crippen molar-refractivity contribution in [2.45, 2.75) is 31.2 Å². The molecule has 0 amide bonds. The normalized spacial score (nSPS) is 26.2. The highest BCUT2D eigenvalue weighted by atomic mass is 32.2. The Kier molecular flexibility index (Phi) is 4.11. The number of rotatable bonds is 3. The Labute approximate surface area is 135 Å². The summed E-state index contributed by atoms with van der Waals surface area (Å²) in [5, 5.41) is 1.27. The van der Waals surface area contributed by atoms with Gasteiger partial charge in [0, 0.05) is 5.25 Å². The first-order valence-corrected chi connectivity index (χ1v) is 9.98. The lowest BCUT2D eigenvalue weighted by Crippen LogP contribution is -2.39. The topological polar surface area (TPSA) is 59.0 Å². The second kappa shape index (κ2) is 5.77. The number of fused-ring (bicyclic) bond motifs is 1. The lowest BCUT2D eigenvalue weighted by atomic mass is 10.1. The number of aliphatic imine (C=N–C) groups is 1. The molecular weight excluding hydrogens is 320 g/mol. The van der Waals surface area contributed by atoms with Gasteiger partial charge < -0.3 is 9.64 Å². The van der Waals surface area contributed by atoms with Gasteiger partial charge in [-0.1, -0.05) is 37.7 Å². The number of methoxy groups -OCH3 is 1. The number of anilines is 1. The molecule has 120 valence electrons. The summed E-state index contributed by atoms with van der Waals surface area (Å²) in [6.07, 6.45) is 0. The summed E-state index contributed by atoms with van der Waals surface area (Å²) in [6, 6.07) is 7.41. The minimum atomic E-state index is -3.02. The average molecular weight is 340 g/mol. The number of amidine groups is 1. The van der Waals surface area contributed by atoms with E-state index in [0.717, 1.165) is 16.6 Å². The molecule has 2 heterocycles. The quantitative estimate of drug-likeness (QED) is 0.844. The monoisotopic (exact) mass is 340 g/mol. The molecule has 22 heavy (non-hydrogen) atoms. The van der Waals surface area contributed by atoms with Crippen molar-refractivity contribution in [1.29, 1.82) is 0 Å². The molecule has 2 aliphatic heterocycles. The van der Waals surface area contributed by atoms with Gasteiger partial charge in [-0.3, -0.25) is 4.99 Å². The first-order chi connectivity index (χ1) is 10.4. The fourth-order valence-corrected chi connectivity index (χ4v) is 5.74.